The third kappa shape index (κ3) is 4.52. The summed E-state index contributed by atoms with van der Waals surface area (Å²) in [7, 11) is 3.03. The molecule has 0 aliphatic heterocycles. The first kappa shape index (κ1) is 21.5. The van der Waals surface area contributed by atoms with Gasteiger partial charge in [-0.2, -0.15) is 0 Å². The van der Waals surface area contributed by atoms with Crippen molar-refractivity contribution in [3.05, 3.63) is 61.8 Å². The summed E-state index contributed by atoms with van der Waals surface area (Å²) in [5.74, 6) is -2.81. The Kier molecular flexibility index (Phi) is 6.81. The van der Waals surface area contributed by atoms with Crippen LogP contribution in [-0.2, 0) is 11.3 Å². The summed E-state index contributed by atoms with van der Waals surface area (Å²) >= 11 is 0. The molecule has 10 heteroatoms. The molecule has 0 saturated carbocycles. The van der Waals surface area contributed by atoms with Crippen LogP contribution in [0, 0.1) is 11.6 Å². The largest absolute Gasteiger partial charge is 0.384 e. The first-order valence-corrected chi connectivity index (χ1v) is 8.47. The molecule has 152 valence electrons. The number of rotatable bonds is 8. The van der Waals surface area contributed by atoms with Crippen LogP contribution in [-0.4, -0.2) is 47.5 Å². The summed E-state index contributed by atoms with van der Waals surface area (Å²) in [6.45, 7) is 1.71. The van der Waals surface area contributed by atoms with Crippen LogP contribution in [0.2, 0.25) is 0 Å². The van der Waals surface area contributed by atoms with Crippen LogP contribution < -0.4 is 17.0 Å². The van der Waals surface area contributed by atoms with Gasteiger partial charge in [0, 0.05) is 13.2 Å². The molecule has 1 aromatic carbocycles. The lowest BCUT2D eigenvalue weighted by molar-refractivity contribution is 0.0923. The zero-order valence-electron chi connectivity index (χ0n) is 15.8. The topological polar surface area (TPSA) is 110 Å². The number of Topliss-reactive ketones (excluding diaryl/α,β-unsaturated/α-hetero) is 1. The number of ether oxygens (including phenoxy) is 1. The number of carbonyl (C=O) groups is 1. The van der Waals surface area contributed by atoms with Gasteiger partial charge in [-0.05, 0) is 31.7 Å². The number of aromatic amines is 1. The molecule has 0 radical (unpaired) electrons. The summed E-state index contributed by atoms with van der Waals surface area (Å²) in [6.07, 6.45) is 0. The fourth-order valence-corrected chi connectivity index (χ4v) is 2.73. The lowest BCUT2D eigenvalue weighted by Gasteiger charge is -2.24. The summed E-state index contributed by atoms with van der Waals surface area (Å²) in [6, 6.07) is 3.02. The smallest absolute Gasteiger partial charge is 0.330 e. The highest BCUT2D eigenvalue weighted by molar-refractivity contribution is 6.01. The van der Waals surface area contributed by atoms with E-state index < -0.39 is 34.7 Å². The molecule has 1 atom stereocenters. The van der Waals surface area contributed by atoms with Gasteiger partial charge in [-0.15, -0.1) is 0 Å². The second-order valence-electron chi connectivity index (χ2n) is 6.35. The zero-order valence-corrected chi connectivity index (χ0v) is 15.8. The van der Waals surface area contributed by atoms with Gasteiger partial charge in [-0.3, -0.25) is 24.0 Å². The predicted molar refractivity (Wildman–Crippen MR) is 99.3 cm³/mol. The number of nitrogens with one attached hydrogen (secondary N) is 1. The first-order chi connectivity index (χ1) is 13.2. The Bertz CT molecular complexity index is 987. The quantitative estimate of drug-likeness (QED) is 0.642. The minimum Gasteiger partial charge on any atom is -0.384 e. The maximum absolute atomic E-state index is 13.5. The highest BCUT2D eigenvalue weighted by atomic mass is 19.2. The number of nitrogens with zero attached hydrogens (tertiary/aromatic N) is 2. The van der Waals surface area contributed by atoms with E-state index in [-0.39, 0.29) is 31.1 Å². The van der Waals surface area contributed by atoms with Gasteiger partial charge in [0.1, 0.15) is 11.4 Å². The number of nitrogen functional groups attached to an aromatic ring is 1. The first-order valence-electron chi connectivity index (χ1n) is 8.47. The Balaban J connectivity index is 2.27. The maximum Gasteiger partial charge on any atom is 0.330 e. The molecule has 28 heavy (non-hydrogen) atoms. The van der Waals surface area contributed by atoms with E-state index in [9.17, 15) is 23.2 Å². The molecule has 8 nitrogen and oxygen atoms in total. The Labute approximate surface area is 159 Å². The van der Waals surface area contributed by atoms with Crippen molar-refractivity contribution in [2.24, 2.45) is 0 Å². The second kappa shape index (κ2) is 8.89. The molecule has 0 amide bonds. The van der Waals surface area contributed by atoms with Crippen LogP contribution in [0.3, 0.4) is 0 Å². The van der Waals surface area contributed by atoms with Crippen LogP contribution in [0.25, 0.3) is 0 Å². The Morgan fingerprint density at radius 2 is 2.00 bits per heavy atom. The maximum atomic E-state index is 13.5. The van der Waals surface area contributed by atoms with E-state index in [4.69, 9.17) is 10.5 Å². The SMILES string of the molecule is COCCn1c(N)c(C(=O)CN(C)C(C)c2ccc(F)c(F)c2)c(=O)[nH]c1=O. The molecule has 2 aromatic rings. The molecule has 1 unspecified atom stereocenters. The molecule has 1 heterocycles. The number of hydrogen-bond acceptors (Lipinski definition) is 6. The minimum absolute atomic E-state index is 0.0688. The Morgan fingerprint density at radius 1 is 1.32 bits per heavy atom. The fourth-order valence-electron chi connectivity index (χ4n) is 2.73. The van der Waals surface area contributed by atoms with Crippen molar-refractivity contribution in [2.45, 2.75) is 19.5 Å². The lowest BCUT2D eigenvalue weighted by atomic mass is 10.1. The molecular formula is C18H22F2N4O4. The van der Waals surface area contributed by atoms with Gasteiger partial charge < -0.3 is 10.5 Å². The molecule has 1 aromatic heterocycles. The number of carbonyl (C=O) groups excluding carboxylic acids is 1. The zero-order chi connectivity index (χ0) is 21.0. The van der Waals surface area contributed by atoms with Crippen molar-refractivity contribution >= 4 is 11.6 Å². The summed E-state index contributed by atoms with van der Waals surface area (Å²) < 4.78 is 32.5. The van der Waals surface area contributed by atoms with Gasteiger partial charge in [0.25, 0.3) is 5.56 Å². The molecule has 0 aliphatic rings. The van der Waals surface area contributed by atoms with E-state index in [2.05, 4.69) is 4.98 Å². The standard InChI is InChI=1S/C18H22F2N4O4/c1-10(11-4-5-12(19)13(20)8-11)23(2)9-14(25)15-16(21)24(6-7-28-3)18(27)22-17(15)26/h4-5,8,10H,6-7,9,21H2,1-3H3,(H,22,26,27). The van der Waals surface area contributed by atoms with E-state index in [1.165, 1.54) is 13.2 Å². The normalized spacial score (nSPS) is 12.4. The minimum atomic E-state index is -0.991. The van der Waals surface area contributed by atoms with Gasteiger partial charge in [0.15, 0.2) is 17.4 Å². The highest BCUT2D eigenvalue weighted by Crippen LogP contribution is 2.21. The molecule has 0 fully saturated rings. The average Bonchev–Trinajstić information content (AvgIpc) is 2.62. The van der Waals surface area contributed by atoms with Crippen molar-refractivity contribution in [2.75, 3.05) is 33.0 Å². The van der Waals surface area contributed by atoms with E-state index in [0.717, 1.165) is 16.7 Å². The fraction of sp³-hybridized carbons (Fsp3) is 0.389. The average molecular weight is 396 g/mol. The van der Waals surface area contributed by atoms with Gasteiger partial charge in [0.2, 0.25) is 0 Å². The second-order valence-corrected chi connectivity index (χ2v) is 6.35. The molecule has 0 aliphatic carbocycles. The highest BCUT2D eigenvalue weighted by Gasteiger charge is 2.23. The van der Waals surface area contributed by atoms with Gasteiger partial charge in [-0.1, -0.05) is 6.07 Å². The van der Waals surface area contributed by atoms with Crippen LogP contribution in [0.4, 0.5) is 14.6 Å². The van der Waals surface area contributed by atoms with Gasteiger partial charge in [0.05, 0.1) is 19.7 Å². The number of halogens is 2. The van der Waals surface area contributed by atoms with Crippen LogP contribution in [0.15, 0.2) is 27.8 Å². The monoisotopic (exact) mass is 396 g/mol. The number of H-pyrrole nitrogens is 1. The van der Waals surface area contributed by atoms with Crippen LogP contribution in [0.5, 0.6) is 0 Å². The van der Waals surface area contributed by atoms with Gasteiger partial charge in [-0.25, -0.2) is 13.6 Å². The molecule has 3 N–H and O–H groups in total. The number of nitrogens with two attached hydrogens (primary N) is 1. The lowest BCUT2D eigenvalue weighted by Crippen LogP contribution is -2.39. The molecule has 2 rings (SSSR count). The summed E-state index contributed by atoms with van der Waals surface area (Å²) in [5, 5.41) is 0. The summed E-state index contributed by atoms with van der Waals surface area (Å²) in [4.78, 5) is 40.3. The van der Waals surface area contributed by atoms with Crippen LogP contribution in [0.1, 0.15) is 28.9 Å². The third-order valence-corrected chi connectivity index (χ3v) is 4.52. The Morgan fingerprint density at radius 3 is 2.61 bits per heavy atom. The number of methoxy groups -OCH3 is 1. The third-order valence-electron chi connectivity index (χ3n) is 4.52. The van der Waals surface area contributed by atoms with E-state index in [1.807, 2.05) is 0 Å². The van der Waals surface area contributed by atoms with Crippen molar-refractivity contribution in [1.82, 2.24) is 14.5 Å². The number of benzene rings is 1. The molecule has 0 spiro atoms. The summed E-state index contributed by atoms with van der Waals surface area (Å²) in [5.41, 5.74) is 4.39. The Hall–Kier alpha value is -2.85. The van der Waals surface area contributed by atoms with Crippen molar-refractivity contribution in [3.63, 3.8) is 0 Å². The van der Waals surface area contributed by atoms with E-state index in [0.29, 0.717) is 5.56 Å². The predicted octanol–water partition coefficient (Wildman–Crippen LogP) is 0.919. The number of aromatic nitrogens is 2. The molecule has 0 bridgehead atoms. The number of ketones is 1. The number of likely N-dealkylation sites (N-methyl/N-ethyl adjacent to an activating group) is 1. The molecular weight excluding hydrogens is 374 g/mol. The molecule has 0 saturated heterocycles. The van der Waals surface area contributed by atoms with Crippen molar-refractivity contribution in [3.8, 4) is 0 Å². The van der Waals surface area contributed by atoms with Crippen molar-refractivity contribution < 1.29 is 18.3 Å². The number of hydrogen-bond donors (Lipinski definition) is 2. The van der Waals surface area contributed by atoms with Gasteiger partial charge >= 0.3 is 5.69 Å². The number of anilines is 1. The van der Waals surface area contributed by atoms with Crippen molar-refractivity contribution in [1.29, 1.82) is 0 Å². The van der Waals surface area contributed by atoms with Crippen LogP contribution >= 0.6 is 0 Å². The van der Waals surface area contributed by atoms with E-state index >= 15 is 0 Å². The van der Waals surface area contributed by atoms with E-state index in [1.54, 1.807) is 18.9 Å².